The summed E-state index contributed by atoms with van der Waals surface area (Å²) >= 11 is 0. The third-order valence-corrected chi connectivity index (χ3v) is 1.45. The van der Waals surface area contributed by atoms with E-state index in [1.165, 1.54) is 0 Å². The number of rotatable bonds is 2. The minimum absolute atomic E-state index is 0.180. The number of aliphatic imine (C=N–C) groups is 1. The lowest BCUT2D eigenvalue weighted by molar-refractivity contribution is -0.138. The van der Waals surface area contributed by atoms with Gasteiger partial charge in [0.1, 0.15) is 6.61 Å². The van der Waals surface area contributed by atoms with Gasteiger partial charge in [-0.3, -0.25) is 0 Å². The lowest BCUT2D eigenvalue weighted by atomic mass is 10.2. The number of carboxylic acid groups (broad SMARTS) is 1. The molecule has 0 amide bonds. The minimum Gasteiger partial charge on any atom is -0.480 e. The molecule has 0 radical (unpaired) electrons. The van der Waals surface area contributed by atoms with Gasteiger partial charge in [-0.25, -0.2) is 9.79 Å². The van der Waals surface area contributed by atoms with E-state index in [9.17, 15) is 4.79 Å². The van der Waals surface area contributed by atoms with Crippen LogP contribution >= 0.6 is 0 Å². The molecule has 0 aromatic carbocycles. The van der Waals surface area contributed by atoms with Gasteiger partial charge in [0.15, 0.2) is 11.9 Å². The summed E-state index contributed by atoms with van der Waals surface area (Å²) in [6.45, 7) is 4.02. The summed E-state index contributed by atoms with van der Waals surface area (Å²) in [6.07, 6.45) is 0. The highest BCUT2D eigenvalue weighted by atomic mass is 16.5. The van der Waals surface area contributed by atoms with Crippen LogP contribution in [0, 0.1) is 5.92 Å². The molecule has 4 nitrogen and oxygen atoms in total. The molecular weight excluding hydrogens is 146 g/mol. The third-order valence-electron chi connectivity index (χ3n) is 1.45. The lowest BCUT2D eigenvalue weighted by Gasteiger charge is -2.01. The van der Waals surface area contributed by atoms with Crippen molar-refractivity contribution in [1.82, 2.24) is 0 Å². The molecule has 0 aromatic heterocycles. The number of hydrogen-bond acceptors (Lipinski definition) is 3. The van der Waals surface area contributed by atoms with Crippen LogP contribution in [-0.4, -0.2) is 29.6 Å². The van der Waals surface area contributed by atoms with E-state index in [-0.39, 0.29) is 12.5 Å². The van der Waals surface area contributed by atoms with Gasteiger partial charge in [-0.15, -0.1) is 0 Å². The van der Waals surface area contributed by atoms with Crippen LogP contribution in [0.5, 0.6) is 0 Å². The Hall–Kier alpha value is -1.06. The van der Waals surface area contributed by atoms with E-state index in [4.69, 9.17) is 9.84 Å². The van der Waals surface area contributed by atoms with Crippen LogP contribution in [0.4, 0.5) is 0 Å². The molecule has 0 saturated heterocycles. The predicted octanol–water partition coefficient (Wildman–Crippen LogP) is 0.524. The second-order valence-corrected chi connectivity index (χ2v) is 2.79. The van der Waals surface area contributed by atoms with Gasteiger partial charge in [0.2, 0.25) is 0 Å². The Bertz CT molecular complexity index is 198. The second-order valence-electron chi connectivity index (χ2n) is 2.79. The maximum atomic E-state index is 10.4. The number of aliphatic carboxylic acids is 1. The summed E-state index contributed by atoms with van der Waals surface area (Å²) in [6, 6.07) is -0.688. The molecule has 1 rings (SSSR count). The molecule has 1 N–H and O–H groups in total. The Morgan fingerprint density at radius 1 is 1.82 bits per heavy atom. The summed E-state index contributed by atoms with van der Waals surface area (Å²) in [7, 11) is 0. The van der Waals surface area contributed by atoms with Crippen LogP contribution < -0.4 is 0 Å². The largest absolute Gasteiger partial charge is 0.480 e. The van der Waals surface area contributed by atoms with Gasteiger partial charge >= 0.3 is 5.97 Å². The van der Waals surface area contributed by atoms with Crippen molar-refractivity contribution in [2.45, 2.75) is 19.9 Å². The van der Waals surface area contributed by atoms with Crippen molar-refractivity contribution in [3.05, 3.63) is 0 Å². The summed E-state index contributed by atoms with van der Waals surface area (Å²) in [4.78, 5) is 14.3. The molecule has 0 aliphatic carbocycles. The minimum atomic E-state index is -0.916. The summed E-state index contributed by atoms with van der Waals surface area (Å²) in [5, 5.41) is 8.53. The van der Waals surface area contributed by atoms with Gasteiger partial charge in [0.25, 0.3) is 0 Å². The van der Waals surface area contributed by atoms with Crippen LogP contribution in [-0.2, 0) is 9.53 Å². The van der Waals surface area contributed by atoms with Crippen molar-refractivity contribution in [2.75, 3.05) is 6.61 Å². The zero-order chi connectivity index (χ0) is 8.43. The maximum Gasteiger partial charge on any atom is 0.332 e. The molecule has 62 valence electrons. The predicted molar refractivity (Wildman–Crippen MR) is 39.6 cm³/mol. The number of carbonyl (C=O) groups is 1. The van der Waals surface area contributed by atoms with E-state index >= 15 is 0 Å². The van der Waals surface area contributed by atoms with E-state index < -0.39 is 12.0 Å². The first-order chi connectivity index (χ1) is 5.11. The number of hydrogen-bond donors (Lipinski definition) is 1. The molecule has 11 heavy (non-hydrogen) atoms. The number of nitrogens with zero attached hydrogens (tertiary/aromatic N) is 1. The van der Waals surface area contributed by atoms with Crippen molar-refractivity contribution in [2.24, 2.45) is 10.9 Å². The fourth-order valence-corrected chi connectivity index (χ4v) is 0.835. The Balaban J connectivity index is 2.61. The fourth-order valence-electron chi connectivity index (χ4n) is 0.835. The molecular formula is C7H11NO3. The smallest absolute Gasteiger partial charge is 0.332 e. The van der Waals surface area contributed by atoms with E-state index in [0.29, 0.717) is 5.90 Å². The first-order valence-electron chi connectivity index (χ1n) is 3.54. The van der Waals surface area contributed by atoms with E-state index in [0.717, 1.165) is 0 Å². The molecule has 0 unspecified atom stereocenters. The van der Waals surface area contributed by atoms with Crippen molar-refractivity contribution >= 4 is 11.9 Å². The van der Waals surface area contributed by atoms with Gasteiger partial charge in [-0.2, -0.15) is 0 Å². The van der Waals surface area contributed by atoms with E-state index in [1.54, 1.807) is 0 Å². The molecule has 0 bridgehead atoms. The normalized spacial score (nSPS) is 23.2. The summed E-state index contributed by atoms with van der Waals surface area (Å²) in [5.74, 6) is -0.183. The molecule has 1 atom stereocenters. The summed E-state index contributed by atoms with van der Waals surface area (Å²) < 4.78 is 5.06. The maximum absolute atomic E-state index is 10.4. The monoisotopic (exact) mass is 157 g/mol. The molecule has 0 saturated carbocycles. The molecule has 1 aliphatic rings. The molecule has 0 spiro atoms. The third kappa shape index (κ3) is 1.69. The SMILES string of the molecule is CC(C)C1=N[C@@H](C(=O)O)CO1. The highest BCUT2D eigenvalue weighted by Crippen LogP contribution is 2.10. The van der Waals surface area contributed by atoms with E-state index in [2.05, 4.69) is 4.99 Å². The zero-order valence-corrected chi connectivity index (χ0v) is 6.57. The average molecular weight is 157 g/mol. The molecule has 1 aliphatic heterocycles. The molecule has 1 heterocycles. The fraction of sp³-hybridized carbons (Fsp3) is 0.714. The zero-order valence-electron chi connectivity index (χ0n) is 6.57. The number of ether oxygens (including phenoxy) is 1. The number of carboxylic acids is 1. The van der Waals surface area contributed by atoms with Gasteiger partial charge in [0.05, 0.1) is 0 Å². The Morgan fingerprint density at radius 2 is 2.45 bits per heavy atom. The lowest BCUT2D eigenvalue weighted by Crippen LogP contribution is -2.18. The van der Waals surface area contributed by atoms with Crippen molar-refractivity contribution in [3.63, 3.8) is 0 Å². The standard InChI is InChI=1S/C7H11NO3/c1-4(2)6-8-5(3-11-6)7(9)10/h4-5H,3H2,1-2H3,(H,9,10)/t5-/m1/s1. The molecule has 4 heteroatoms. The highest BCUT2D eigenvalue weighted by molar-refractivity contribution is 5.85. The van der Waals surface area contributed by atoms with Crippen LogP contribution in [0.15, 0.2) is 4.99 Å². The Kier molecular flexibility index (Phi) is 2.12. The summed E-state index contributed by atoms with van der Waals surface area (Å²) in [5.41, 5.74) is 0. The molecule has 0 aromatic rings. The van der Waals surface area contributed by atoms with Gasteiger partial charge in [-0.1, -0.05) is 13.8 Å². The van der Waals surface area contributed by atoms with Crippen molar-refractivity contribution in [1.29, 1.82) is 0 Å². The van der Waals surface area contributed by atoms with Gasteiger partial charge in [-0.05, 0) is 0 Å². The Labute approximate surface area is 64.9 Å². The molecule has 0 fully saturated rings. The van der Waals surface area contributed by atoms with Crippen LogP contribution in [0.3, 0.4) is 0 Å². The Morgan fingerprint density at radius 3 is 2.73 bits per heavy atom. The topological polar surface area (TPSA) is 58.9 Å². The highest BCUT2D eigenvalue weighted by Gasteiger charge is 2.26. The van der Waals surface area contributed by atoms with Gasteiger partial charge in [0, 0.05) is 5.92 Å². The average Bonchev–Trinajstić information content (AvgIpc) is 2.33. The first-order valence-corrected chi connectivity index (χ1v) is 3.54. The van der Waals surface area contributed by atoms with Crippen LogP contribution in [0.2, 0.25) is 0 Å². The van der Waals surface area contributed by atoms with E-state index in [1.807, 2.05) is 13.8 Å². The second kappa shape index (κ2) is 2.90. The van der Waals surface area contributed by atoms with Crippen LogP contribution in [0.25, 0.3) is 0 Å². The first kappa shape index (κ1) is 8.04. The van der Waals surface area contributed by atoms with Crippen molar-refractivity contribution in [3.8, 4) is 0 Å². The van der Waals surface area contributed by atoms with Crippen molar-refractivity contribution < 1.29 is 14.6 Å². The quantitative estimate of drug-likeness (QED) is 0.635. The van der Waals surface area contributed by atoms with Crippen LogP contribution in [0.1, 0.15) is 13.8 Å². The van der Waals surface area contributed by atoms with Gasteiger partial charge < -0.3 is 9.84 Å².